The van der Waals surface area contributed by atoms with Crippen molar-refractivity contribution in [1.29, 1.82) is 0 Å². The van der Waals surface area contributed by atoms with Gasteiger partial charge in [0.2, 0.25) is 0 Å². The molecule has 0 spiro atoms. The van der Waals surface area contributed by atoms with Crippen molar-refractivity contribution in [3.05, 3.63) is 85.1 Å². The Kier molecular flexibility index (Phi) is 45.5. The molecule has 0 aliphatic carbocycles. The van der Waals surface area contributed by atoms with E-state index in [1.807, 2.05) is 0 Å². The van der Waals surface area contributed by atoms with Crippen molar-refractivity contribution < 1.29 is 28.6 Å². The van der Waals surface area contributed by atoms with Crippen LogP contribution in [0.15, 0.2) is 85.1 Å². The summed E-state index contributed by atoms with van der Waals surface area (Å²) in [6.45, 7) is 6.41. The predicted octanol–water partition coefficient (Wildman–Crippen LogP) is 16.0. The van der Waals surface area contributed by atoms with E-state index in [4.69, 9.17) is 14.2 Å². The van der Waals surface area contributed by atoms with E-state index in [-0.39, 0.29) is 37.5 Å². The largest absolute Gasteiger partial charge is 0.462 e. The molecule has 0 rings (SSSR count). The SMILES string of the molecule is CC/C=C\C/C=C\C/C=C\C/C=C\C/C=C\CCCC(=O)OCC(COC(=O)CCCCCCCCCCCC)OC(=O)CCCCCCC/C=C\C/C=C\CCCCC. The first-order chi connectivity index (χ1) is 29.5. The van der Waals surface area contributed by atoms with Crippen LogP contribution >= 0.6 is 0 Å². The highest BCUT2D eigenvalue weighted by atomic mass is 16.6. The van der Waals surface area contributed by atoms with Crippen LogP contribution in [0.2, 0.25) is 0 Å². The maximum atomic E-state index is 12.8. The summed E-state index contributed by atoms with van der Waals surface area (Å²) in [7, 11) is 0. The van der Waals surface area contributed by atoms with E-state index in [1.54, 1.807) is 0 Å². The van der Waals surface area contributed by atoms with E-state index >= 15 is 0 Å². The molecule has 0 heterocycles. The van der Waals surface area contributed by atoms with Crippen molar-refractivity contribution in [1.82, 2.24) is 0 Å². The Morgan fingerprint density at radius 2 is 0.667 bits per heavy atom. The lowest BCUT2D eigenvalue weighted by Gasteiger charge is -2.18. The highest BCUT2D eigenvalue weighted by Gasteiger charge is 2.19. The molecule has 0 saturated carbocycles. The Morgan fingerprint density at radius 3 is 1.12 bits per heavy atom. The van der Waals surface area contributed by atoms with E-state index in [0.29, 0.717) is 19.3 Å². The molecule has 6 nitrogen and oxygen atoms in total. The molecule has 0 aromatic rings. The number of hydrogen-bond acceptors (Lipinski definition) is 6. The number of carbonyl (C=O) groups excluding carboxylic acids is 3. The summed E-state index contributed by atoms with van der Waals surface area (Å²) in [5.74, 6) is -0.979. The quantitative estimate of drug-likeness (QED) is 0.0263. The molecule has 1 unspecified atom stereocenters. The Bertz CT molecular complexity index is 1190. The van der Waals surface area contributed by atoms with Crippen LogP contribution in [-0.4, -0.2) is 37.2 Å². The van der Waals surface area contributed by atoms with Crippen molar-refractivity contribution in [2.75, 3.05) is 13.2 Å². The average molecular weight is 835 g/mol. The van der Waals surface area contributed by atoms with Gasteiger partial charge in [0.25, 0.3) is 0 Å². The van der Waals surface area contributed by atoms with Crippen molar-refractivity contribution >= 4 is 17.9 Å². The smallest absolute Gasteiger partial charge is 0.306 e. The summed E-state index contributed by atoms with van der Waals surface area (Å²) in [4.78, 5) is 37.8. The van der Waals surface area contributed by atoms with E-state index in [9.17, 15) is 14.4 Å². The Balaban J connectivity index is 4.49. The number of esters is 3. The van der Waals surface area contributed by atoms with E-state index in [0.717, 1.165) is 103 Å². The number of unbranched alkanes of at least 4 members (excludes halogenated alkanes) is 18. The lowest BCUT2D eigenvalue weighted by Crippen LogP contribution is -2.30. The molecule has 0 amide bonds. The topological polar surface area (TPSA) is 78.9 Å². The minimum absolute atomic E-state index is 0.0994. The van der Waals surface area contributed by atoms with Crippen LogP contribution in [0, 0.1) is 0 Å². The lowest BCUT2D eigenvalue weighted by atomic mass is 10.1. The third-order valence-electron chi connectivity index (χ3n) is 10.1. The van der Waals surface area contributed by atoms with Gasteiger partial charge >= 0.3 is 17.9 Å². The Hall–Kier alpha value is -3.41. The second kappa shape index (κ2) is 48.3. The molecule has 0 fully saturated rings. The molecule has 0 saturated heterocycles. The second-order valence-corrected chi connectivity index (χ2v) is 16.0. The van der Waals surface area contributed by atoms with Gasteiger partial charge in [0.05, 0.1) is 0 Å². The maximum absolute atomic E-state index is 12.8. The highest BCUT2D eigenvalue weighted by Crippen LogP contribution is 2.13. The highest BCUT2D eigenvalue weighted by molar-refractivity contribution is 5.71. The predicted molar refractivity (Wildman–Crippen MR) is 256 cm³/mol. The van der Waals surface area contributed by atoms with Crippen LogP contribution in [0.1, 0.15) is 220 Å². The third kappa shape index (κ3) is 45.7. The monoisotopic (exact) mass is 835 g/mol. The van der Waals surface area contributed by atoms with Crippen LogP contribution in [0.3, 0.4) is 0 Å². The van der Waals surface area contributed by atoms with Crippen LogP contribution < -0.4 is 0 Å². The number of allylic oxidation sites excluding steroid dienone is 14. The maximum Gasteiger partial charge on any atom is 0.306 e. The standard InChI is InChI=1S/C54H90O6/c1-4-7-10-13-16-19-22-24-26-27-29-30-32-35-38-41-44-47-53(56)59-50-51(49-58-52(55)46-43-40-37-34-21-18-15-12-9-6-3)60-54(57)48-45-42-39-36-33-31-28-25-23-20-17-14-11-8-5-2/h7,10,16-17,19-20,24-26,28-30,35,38,51H,4-6,8-9,11-15,18,21-23,27,31-34,36-37,39-50H2,1-3H3/b10-7-,19-16-,20-17-,26-24-,28-25-,30-29-,38-35-. The van der Waals surface area contributed by atoms with E-state index in [2.05, 4.69) is 106 Å². The molecule has 0 aliphatic heterocycles. The average Bonchev–Trinajstić information content (AvgIpc) is 3.24. The Labute approximate surface area is 369 Å². The summed E-state index contributed by atoms with van der Waals surface area (Å²) in [5, 5.41) is 0. The number of ether oxygens (including phenoxy) is 3. The van der Waals surface area contributed by atoms with Crippen LogP contribution in [-0.2, 0) is 28.6 Å². The van der Waals surface area contributed by atoms with Gasteiger partial charge in [-0.25, -0.2) is 0 Å². The first-order valence-corrected chi connectivity index (χ1v) is 24.6. The van der Waals surface area contributed by atoms with Gasteiger partial charge in [-0.15, -0.1) is 0 Å². The first-order valence-electron chi connectivity index (χ1n) is 24.6. The van der Waals surface area contributed by atoms with Gasteiger partial charge in [-0.05, 0) is 89.9 Å². The fourth-order valence-electron chi connectivity index (χ4n) is 6.45. The molecule has 60 heavy (non-hydrogen) atoms. The first kappa shape index (κ1) is 56.6. The molecule has 0 aliphatic rings. The van der Waals surface area contributed by atoms with Crippen molar-refractivity contribution in [2.24, 2.45) is 0 Å². The van der Waals surface area contributed by atoms with Crippen molar-refractivity contribution in [3.63, 3.8) is 0 Å². The summed E-state index contributed by atoms with van der Waals surface area (Å²) in [6, 6.07) is 0. The molecule has 1 atom stereocenters. The normalized spacial score (nSPS) is 12.8. The van der Waals surface area contributed by atoms with Crippen molar-refractivity contribution in [3.8, 4) is 0 Å². The Morgan fingerprint density at radius 1 is 0.350 bits per heavy atom. The van der Waals surface area contributed by atoms with Gasteiger partial charge in [0.1, 0.15) is 13.2 Å². The van der Waals surface area contributed by atoms with E-state index < -0.39 is 6.10 Å². The molecule has 0 radical (unpaired) electrons. The molecule has 0 aromatic carbocycles. The van der Waals surface area contributed by atoms with Gasteiger partial charge in [-0.3, -0.25) is 14.4 Å². The van der Waals surface area contributed by atoms with Crippen LogP contribution in [0.4, 0.5) is 0 Å². The van der Waals surface area contributed by atoms with Gasteiger partial charge in [-0.1, -0.05) is 196 Å². The zero-order chi connectivity index (χ0) is 43.7. The zero-order valence-corrected chi connectivity index (χ0v) is 38.9. The summed E-state index contributed by atoms with van der Waals surface area (Å²) in [6.07, 6.45) is 61.4. The fourth-order valence-corrected chi connectivity index (χ4v) is 6.45. The van der Waals surface area contributed by atoms with E-state index in [1.165, 1.54) is 70.6 Å². The van der Waals surface area contributed by atoms with Crippen LogP contribution in [0.5, 0.6) is 0 Å². The second-order valence-electron chi connectivity index (χ2n) is 16.0. The molecule has 0 N–H and O–H groups in total. The van der Waals surface area contributed by atoms with Crippen LogP contribution in [0.25, 0.3) is 0 Å². The lowest BCUT2D eigenvalue weighted by molar-refractivity contribution is -0.167. The van der Waals surface area contributed by atoms with Gasteiger partial charge in [-0.2, -0.15) is 0 Å². The number of rotatable bonds is 43. The molecular formula is C54H90O6. The number of hydrogen-bond donors (Lipinski definition) is 0. The minimum atomic E-state index is -0.804. The minimum Gasteiger partial charge on any atom is -0.462 e. The molecule has 6 heteroatoms. The van der Waals surface area contributed by atoms with Gasteiger partial charge in [0.15, 0.2) is 6.10 Å². The zero-order valence-electron chi connectivity index (χ0n) is 38.9. The number of carbonyl (C=O) groups is 3. The third-order valence-corrected chi connectivity index (χ3v) is 10.1. The molecule has 0 aromatic heterocycles. The molecular weight excluding hydrogens is 745 g/mol. The van der Waals surface area contributed by atoms with Crippen molar-refractivity contribution in [2.45, 2.75) is 226 Å². The summed E-state index contributed by atoms with van der Waals surface area (Å²) in [5.41, 5.74) is 0. The fraction of sp³-hybridized carbons (Fsp3) is 0.685. The van der Waals surface area contributed by atoms with Gasteiger partial charge < -0.3 is 14.2 Å². The van der Waals surface area contributed by atoms with Gasteiger partial charge in [0, 0.05) is 19.3 Å². The summed E-state index contributed by atoms with van der Waals surface area (Å²) >= 11 is 0. The molecule has 0 bridgehead atoms. The molecule has 342 valence electrons. The summed E-state index contributed by atoms with van der Waals surface area (Å²) < 4.78 is 16.7.